The molecule has 1 aromatic carbocycles. The lowest BCUT2D eigenvalue weighted by molar-refractivity contribution is -0.116. The molecule has 0 saturated carbocycles. The quantitative estimate of drug-likeness (QED) is 0.799. The minimum Gasteiger partial charge on any atom is -0.481 e. The van der Waals surface area contributed by atoms with Gasteiger partial charge in [-0.05, 0) is 5.56 Å². The molecule has 1 amide bonds. The molecule has 3 heterocycles. The average Bonchev–Trinajstić information content (AvgIpc) is 2.98. The smallest absolute Gasteiger partial charge is 0.226 e. The van der Waals surface area contributed by atoms with Crippen molar-refractivity contribution in [2.45, 2.75) is 12.3 Å². The highest BCUT2D eigenvalue weighted by atomic mass is 16.5. The Morgan fingerprint density at radius 2 is 2.00 bits per heavy atom. The first kappa shape index (κ1) is 15.4. The molecule has 25 heavy (non-hydrogen) atoms. The van der Waals surface area contributed by atoms with Crippen LogP contribution in [0.15, 0.2) is 48.7 Å². The van der Waals surface area contributed by atoms with Gasteiger partial charge in [-0.3, -0.25) is 9.48 Å². The predicted molar refractivity (Wildman–Crippen MR) is 94.5 cm³/mol. The number of ether oxygens (including phenoxy) is 1. The molecule has 0 spiro atoms. The number of benzene rings is 1. The van der Waals surface area contributed by atoms with Gasteiger partial charge < -0.3 is 10.1 Å². The summed E-state index contributed by atoms with van der Waals surface area (Å²) in [6, 6.07) is 13.8. The van der Waals surface area contributed by atoms with E-state index >= 15 is 0 Å². The molecular formula is C19H18N4O2. The van der Waals surface area contributed by atoms with Crippen LogP contribution in [0, 0.1) is 0 Å². The van der Waals surface area contributed by atoms with Gasteiger partial charge >= 0.3 is 0 Å². The van der Waals surface area contributed by atoms with Gasteiger partial charge in [-0.15, -0.1) is 0 Å². The van der Waals surface area contributed by atoms with Gasteiger partial charge in [0.15, 0.2) is 0 Å². The Balaban J connectivity index is 1.87. The average molecular weight is 334 g/mol. The molecule has 6 nitrogen and oxygen atoms in total. The van der Waals surface area contributed by atoms with Gasteiger partial charge in [0, 0.05) is 42.8 Å². The van der Waals surface area contributed by atoms with E-state index in [1.165, 1.54) is 0 Å². The van der Waals surface area contributed by atoms with E-state index in [-0.39, 0.29) is 11.8 Å². The number of amides is 1. The number of pyridine rings is 1. The molecule has 1 unspecified atom stereocenters. The van der Waals surface area contributed by atoms with Gasteiger partial charge in [0.05, 0.1) is 12.8 Å². The second-order valence-electron chi connectivity index (χ2n) is 6.04. The van der Waals surface area contributed by atoms with Crippen LogP contribution in [-0.4, -0.2) is 27.8 Å². The summed E-state index contributed by atoms with van der Waals surface area (Å²) in [6.07, 6.45) is 2.14. The van der Waals surface area contributed by atoms with Crippen LogP contribution in [0.4, 0.5) is 5.82 Å². The summed E-state index contributed by atoms with van der Waals surface area (Å²) >= 11 is 0. The van der Waals surface area contributed by atoms with Crippen molar-refractivity contribution in [3.05, 3.63) is 59.8 Å². The lowest BCUT2D eigenvalue weighted by Crippen LogP contribution is -2.24. The number of anilines is 1. The van der Waals surface area contributed by atoms with E-state index in [4.69, 9.17) is 4.74 Å². The number of carbonyl (C=O) groups is 1. The van der Waals surface area contributed by atoms with E-state index in [1.807, 2.05) is 49.5 Å². The van der Waals surface area contributed by atoms with Gasteiger partial charge in [0.1, 0.15) is 5.82 Å². The molecule has 0 saturated heterocycles. The van der Waals surface area contributed by atoms with Crippen LogP contribution in [0.3, 0.4) is 0 Å². The highest BCUT2D eigenvalue weighted by molar-refractivity contribution is 5.96. The molecule has 2 aromatic heterocycles. The van der Waals surface area contributed by atoms with Gasteiger partial charge in [-0.25, -0.2) is 4.98 Å². The Hall–Kier alpha value is -3.15. The minimum atomic E-state index is -0.0916. The third-order valence-corrected chi connectivity index (χ3v) is 4.50. The maximum absolute atomic E-state index is 12.2. The molecule has 3 aromatic rings. The molecule has 1 N–H and O–H groups in total. The van der Waals surface area contributed by atoms with E-state index in [9.17, 15) is 4.79 Å². The number of fused-ring (bicyclic) bond motifs is 1. The number of methoxy groups -OCH3 is 1. The van der Waals surface area contributed by atoms with Gasteiger partial charge in [0.2, 0.25) is 11.8 Å². The van der Waals surface area contributed by atoms with Crippen molar-refractivity contribution in [2.24, 2.45) is 7.05 Å². The maximum atomic E-state index is 12.2. The summed E-state index contributed by atoms with van der Waals surface area (Å²) in [7, 11) is 3.43. The summed E-state index contributed by atoms with van der Waals surface area (Å²) < 4.78 is 6.87. The second-order valence-corrected chi connectivity index (χ2v) is 6.04. The van der Waals surface area contributed by atoms with Crippen molar-refractivity contribution >= 4 is 11.7 Å². The van der Waals surface area contributed by atoms with Crippen LogP contribution < -0.4 is 10.1 Å². The van der Waals surface area contributed by atoms with Crippen LogP contribution in [0.5, 0.6) is 5.88 Å². The fourth-order valence-corrected chi connectivity index (χ4v) is 3.30. The first-order chi connectivity index (χ1) is 12.2. The van der Waals surface area contributed by atoms with Crippen LogP contribution in [0.25, 0.3) is 11.3 Å². The van der Waals surface area contributed by atoms with E-state index < -0.39 is 0 Å². The van der Waals surface area contributed by atoms with Gasteiger partial charge in [0.25, 0.3) is 0 Å². The van der Waals surface area contributed by atoms with E-state index in [0.29, 0.717) is 12.3 Å². The first-order valence-corrected chi connectivity index (χ1v) is 8.09. The third-order valence-electron chi connectivity index (χ3n) is 4.50. The number of aromatic nitrogens is 3. The number of nitrogens with one attached hydrogen (secondary N) is 1. The van der Waals surface area contributed by atoms with Crippen LogP contribution in [0.2, 0.25) is 0 Å². The normalized spacial score (nSPS) is 16.2. The molecule has 0 radical (unpaired) electrons. The zero-order chi connectivity index (χ0) is 17.4. The van der Waals surface area contributed by atoms with Crippen LogP contribution in [-0.2, 0) is 11.8 Å². The van der Waals surface area contributed by atoms with Crippen LogP contribution in [0.1, 0.15) is 23.5 Å². The number of hydrogen-bond donors (Lipinski definition) is 1. The van der Waals surface area contributed by atoms with Crippen molar-refractivity contribution in [2.75, 3.05) is 12.4 Å². The number of aryl methyl sites for hydroxylation is 1. The fraction of sp³-hybridized carbons (Fsp3) is 0.211. The molecule has 1 aliphatic heterocycles. The largest absolute Gasteiger partial charge is 0.481 e. The maximum Gasteiger partial charge on any atom is 0.226 e. The Kier molecular flexibility index (Phi) is 3.72. The summed E-state index contributed by atoms with van der Waals surface area (Å²) in [5.41, 5.74) is 3.92. The van der Waals surface area contributed by atoms with Crippen molar-refractivity contribution in [3.8, 4) is 17.1 Å². The summed E-state index contributed by atoms with van der Waals surface area (Å²) in [4.78, 5) is 16.5. The fourth-order valence-electron chi connectivity index (χ4n) is 3.30. The van der Waals surface area contributed by atoms with Crippen LogP contribution >= 0.6 is 0 Å². The highest BCUT2D eigenvalue weighted by Crippen LogP contribution is 2.42. The minimum absolute atomic E-state index is 0.0177. The monoisotopic (exact) mass is 334 g/mol. The standard InChI is InChI=1S/C19H18N4O2/c1-23-19-17(18(22-23)12-6-4-3-5-7-12)14(10-15(24)21-19)13-8-9-16(25-2)20-11-13/h3-9,11,14H,10H2,1-2H3,(H,21,24). The highest BCUT2D eigenvalue weighted by Gasteiger charge is 2.33. The van der Waals surface area contributed by atoms with Crippen molar-refractivity contribution in [3.63, 3.8) is 0 Å². The number of carbonyl (C=O) groups excluding carboxylic acids is 1. The van der Waals surface area contributed by atoms with Crippen molar-refractivity contribution in [1.82, 2.24) is 14.8 Å². The van der Waals surface area contributed by atoms with Gasteiger partial charge in [-0.1, -0.05) is 36.4 Å². The molecule has 126 valence electrons. The lowest BCUT2D eigenvalue weighted by Gasteiger charge is -2.24. The van der Waals surface area contributed by atoms with Crippen molar-refractivity contribution in [1.29, 1.82) is 0 Å². The molecule has 0 fully saturated rings. The molecule has 1 atom stereocenters. The topological polar surface area (TPSA) is 69.0 Å². The van der Waals surface area contributed by atoms with Gasteiger partial charge in [-0.2, -0.15) is 5.10 Å². The Bertz CT molecular complexity index is 917. The zero-order valence-electron chi connectivity index (χ0n) is 14.1. The number of rotatable bonds is 3. The predicted octanol–water partition coefficient (Wildman–Crippen LogP) is 2.96. The summed E-state index contributed by atoms with van der Waals surface area (Å²) in [5, 5.41) is 7.62. The SMILES string of the molecule is COc1ccc(C2CC(=O)Nc3c2c(-c2ccccc2)nn3C)cn1. The van der Waals surface area contributed by atoms with E-state index in [1.54, 1.807) is 18.0 Å². The zero-order valence-corrected chi connectivity index (χ0v) is 14.1. The number of hydrogen-bond acceptors (Lipinski definition) is 4. The Morgan fingerprint density at radius 3 is 2.68 bits per heavy atom. The molecular weight excluding hydrogens is 316 g/mol. The van der Waals surface area contributed by atoms with E-state index in [2.05, 4.69) is 15.4 Å². The molecule has 6 heteroatoms. The first-order valence-electron chi connectivity index (χ1n) is 8.09. The number of nitrogens with zero attached hydrogens (tertiary/aromatic N) is 3. The molecule has 1 aliphatic rings. The summed E-state index contributed by atoms with van der Waals surface area (Å²) in [5.74, 6) is 1.19. The second kappa shape index (κ2) is 6.05. The van der Waals surface area contributed by atoms with Crippen molar-refractivity contribution < 1.29 is 9.53 Å². The molecule has 4 rings (SSSR count). The molecule has 0 bridgehead atoms. The Morgan fingerprint density at radius 1 is 1.20 bits per heavy atom. The third kappa shape index (κ3) is 2.65. The lowest BCUT2D eigenvalue weighted by atomic mass is 9.85. The molecule has 0 aliphatic carbocycles. The Labute approximate surface area is 145 Å². The van der Waals surface area contributed by atoms with E-state index in [0.717, 1.165) is 28.2 Å². The summed E-state index contributed by atoms with van der Waals surface area (Å²) in [6.45, 7) is 0.